The summed E-state index contributed by atoms with van der Waals surface area (Å²) in [6.45, 7) is 5.97. The molecule has 0 aromatic carbocycles. The molecule has 0 radical (unpaired) electrons. The smallest absolute Gasteiger partial charge is 0.305 e. The zero-order chi connectivity index (χ0) is 12.1. The van der Waals surface area contributed by atoms with Crippen molar-refractivity contribution in [2.75, 3.05) is 0 Å². The quantitative estimate of drug-likeness (QED) is 0.603. The number of hydrogen-bond acceptors (Lipinski definition) is 3. The third kappa shape index (κ3) is 9.43. The lowest BCUT2D eigenvalue weighted by Crippen LogP contribution is -2.19. The van der Waals surface area contributed by atoms with Gasteiger partial charge in [0.2, 0.25) is 0 Å². The highest BCUT2D eigenvalue weighted by atomic mass is 16.4. The fraction of sp³-hybridized carbons (Fsp3) is 0.727. The first-order valence-electron chi connectivity index (χ1n) is 4.98. The Morgan fingerprint density at radius 1 is 1.33 bits per heavy atom. The second-order valence-corrected chi connectivity index (χ2v) is 4.78. The molecule has 0 amide bonds. The van der Waals surface area contributed by atoms with Crippen molar-refractivity contribution in [3.8, 4) is 0 Å². The summed E-state index contributed by atoms with van der Waals surface area (Å²) in [6, 6.07) is 0. The molecule has 88 valence electrons. The van der Waals surface area contributed by atoms with E-state index in [0.717, 1.165) is 0 Å². The minimum atomic E-state index is -1.06. The Morgan fingerprint density at radius 2 is 1.87 bits per heavy atom. The van der Waals surface area contributed by atoms with E-state index in [1.165, 1.54) is 0 Å². The molecule has 0 saturated heterocycles. The standard InChI is InChI=1S/C11H20O4/c1-11(2,3)5-4-8(12)6-9(13)7-10(14)15/h4-5,8-9,12-13H,6-7H2,1-3H3,(H,14,15)/b5-4+/t8-,9-/m1/s1. The van der Waals surface area contributed by atoms with E-state index in [-0.39, 0.29) is 18.3 Å². The predicted octanol–water partition coefficient (Wildman–Crippen LogP) is 1.18. The first-order valence-corrected chi connectivity index (χ1v) is 4.98. The summed E-state index contributed by atoms with van der Waals surface area (Å²) in [6.07, 6.45) is 1.36. The summed E-state index contributed by atoms with van der Waals surface area (Å²) >= 11 is 0. The maximum absolute atomic E-state index is 10.2. The Balaban J connectivity index is 3.98. The van der Waals surface area contributed by atoms with E-state index in [4.69, 9.17) is 5.11 Å². The van der Waals surface area contributed by atoms with Gasteiger partial charge in [0, 0.05) is 6.42 Å². The Labute approximate surface area is 90.2 Å². The van der Waals surface area contributed by atoms with Crippen LogP contribution in [0.15, 0.2) is 12.2 Å². The van der Waals surface area contributed by atoms with Gasteiger partial charge in [0.15, 0.2) is 0 Å². The molecule has 4 heteroatoms. The number of carboxylic acid groups (broad SMARTS) is 1. The highest BCUT2D eigenvalue weighted by Crippen LogP contribution is 2.15. The van der Waals surface area contributed by atoms with E-state index in [1.54, 1.807) is 6.08 Å². The minimum absolute atomic E-state index is 0.0290. The van der Waals surface area contributed by atoms with Crippen LogP contribution in [-0.4, -0.2) is 33.5 Å². The van der Waals surface area contributed by atoms with Gasteiger partial charge in [-0.25, -0.2) is 0 Å². The molecule has 0 aromatic rings. The van der Waals surface area contributed by atoms with Gasteiger partial charge in [-0.2, -0.15) is 0 Å². The topological polar surface area (TPSA) is 77.8 Å². The summed E-state index contributed by atoms with van der Waals surface area (Å²) in [5.74, 6) is -1.06. The predicted molar refractivity (Wildman–Crippen MR) is 57.5 cm³/mol. The monoisotopic (exact) mass is 216 g/mol. The molecule has 0 rings (SSSR count). The number of hydrogen-bond donors (Lipinski definition) is 3. The fourth-order valence-electron chi connectivity index (χ4n) is 1.04. The van der Waals surface area contributed by atoms with Crippen molar-refractivity contribution in [1.29, 1.82) is 0 Å². The molecule has 0 bridgehead atoms. The highest BCUT2D eigenvalue weighted by molar-refractivity contribution is 5.67. The highest BCUT2D eigenvalue weighted by Gasteiger charge is 2.14. The normalized spacial score (nSPS) is 16.6. The summed E-state index contributed by atoms with van der Waals surface area (Å²) in [7, 11) is 0. The molecule has 0 fully saturated rings. The summed E-state index contributed by atoms with van der Waals surface area (Å²) in [5, 5.41) is 27.1. The van der Waals surface area contributed by atoms with Crippen LogP contribution in [0, 0.1) is 5.41 Å². The molecule has 0 heterocycles. The molecule has 0 aromatic heterocycles. The maximum Gasteiger partial charge on any atom is 0.305 e. The van der Waals surface area contributed by atoms with Crippen molar-refractivity contribution >= 4 is 5.97 Å². The summed E-state index contributed by atoms with van der Waals surface area (Å²) in [5.41, 5.74) is -0.0290. The molecule has 0 aliphatic heterocycles. The van der Waals surface area contributed by atoms with Crippen LogP contribution in [0.3, 0.4) is 0 Å². The number of aliphatic hydroxyl groups is 2. The van der Waals surface area contributed by atoms with E-state index in [0.29, 0.717) is 0 Å². The van der Waals surface area contributed by atoms with Crippen LogP contribution in [0.25, 0.3) is 0 Å². The first kappa shape index (κ1) is 14.1. The van der Waals surface area contributed by atoms with E-state index >= 15 is 0 Å². The maximum atomic E-state index is 10.2. The van der Waals surface area contributed by atoms with Crippen molar-refractivity contribution in [3.05, 3.63) is 12.2 Å². The van der Waals surface area contributed by atoms with Crippen LogP contribution in [0.1, 0.15) is 33.6 Å². The van der Waals surface area contributed by atoms with Gasteiger partial charge in [0.25, 0.3) is 0 Å². The van der Waals surface area contributed by atoms with E-state index in [9.17, 15) is 15.0 Å². The number of aliphatic hydroxyl groups excluding tert-OH is 2. The van der Waals surface area contributed by atoms with Crippen LogP contribution >= 0.6 is 0 Å². The van der Waals surface area contributed by atoms with Crippen LogP contribution < -0.4 is 0 Å². The van der Waals surface area contributed by atoms with E-state index < -0.39 is 18.2 Å². The van der Waals surface area contributed by atoms with Crippen molar-refractivity contribution < 1.29 is 20.1 Å². The Bertz CT molecular complexity index is 227. The zero-order valence-electron chi connectivity index (χ0n) is 9.47. The van der Waals surface area contributed by atoms with Crippen molar-refractivity contribution in [3.63, 3.8) is 0 Å². The van der Waals surface area contributed by atoms with Gasteiger partial charge in [-0.05, 0) is 5.41 Å². The third-order valence-electron chi connectivity index (χ3n) is 1.74. The van der Waals surface area contributed by atoms with Crippen LogP contribution in [0.5, 0.6) is 0 Å². The second kappa shape index (κ2) is 5.88. The molecule has 0 saturated carbocycles. The SMILES string of the molecule is CC(C)(C)/C=C/[C@@H](O)C[C@@H](O)CC(=O)O. The van der Waals surface area contributed by atoms with Crippen molar-refractivity contribution in [2.24, 2.45) is 5.41 Å². The van der Waals surface area contributed by atoms with Crippen molar-refractivity contribution in [2.45, 2.75) is 45.8 Å². The summed E-state index contributed by atoms with van der Waals surface area (Å²) in [4.78, 5) is 10.2. The molecule has 4 nitrogen and oxygen atoms in total. The summed E-state index contributed by atoms with van der Waals surface area (Å²) < 4.78 is 0. The Hall–Kier alpha value is -0.870. The lowest BCUT2D eigenvalue weighted by Gasteiger charge is -2.14. The number of rotatable bonds is 5. The Morgan fingerprint density at radius 3 is 2.27 bits per heavy atom. The molecule has 3 N–H and O–H groups in total. The van der Waals surface area contributed by atoms with Crippen LogP contribution in [0.2, 0.25) is 0 Å². The fourth-order valence-corrected chi connectivity index (χ4v) is 1.04. The van der Waals surface area contributed by atoms with Crippen LogP contribution in [-0.2, 0) is 4.79 Å². The first-order chi connectivity index (χ1) is 6.70. The molecule has 0 unspecified atom stereocenters. The van der Waals surface area contributed by atoms with Gasteiger partial charge in [-0.3, -0.25) is 4.79 Å². The Kier molecular flexibility index (Phi) is 5.54. The largest absolute Gasteiger partial charge is 0.481 e. The second-order valence-electron chi connectivity index (χ2n) is 4.78. The number of allylic oxidation sites excluding steroid dienone is 1. The van der Waals surface area contributed by atoms with E-state index in [1.807, 2.05) is 26.8 Å². The van der Waals surface area contributed by atoms with Gasteiger partial charge in [0.1, 0.15) is 0 Å². The minimum Gasteiger partial charge on any atom is -0.481 e. The van der Waals surface area contributed by atoms with Gasteiger partial charge in [-0.1, -0.05) is 32.9 Å². The van der Waals surface area contributed by atoms with Gasteiger partial charge in [-0.15, -0.1) is 0 Å². The number of carboxylic acids is 1. The van der Waals surface area contributed by atoms with Gasteiger partial charge < -0.3 is 15.3 Å². The number of aliphatic carboxylic acids is 1. The van der Waals surface area contributed by atoms with Gasteiger partial charge >= 0.3 is 5.97 Å². The molecule has 2 atom stereocenters. The molecule has 0 spiro atoms. The average Bonchev–Trinajstić information content (AvgIpc) is 1.97. The number of carbonyl (C=O) groups is 1. The third-order valence-corrected chi connectivity index (χ3v) is 1.74. The molecule has 0 aliphatic carbocycles. The lowest BCUT2D eigenvalue weighted by atomic mass is 9.95. The molecular formula is C11H20O4. The van der Waals surface area contributed by atoms with Gasteiger partial charge in [0.05, 0.1) is 18.6 Å². The molecular weight excluding hydrogens is 196 g/mol. The zero-order valence-corrected chi connectivity index (χ0v) is 9.47. The van der Waals surface area contributed by atoms with Crippen molar-refractivity contribution in [1.82, 2.24) is 0 Å². The lowest BCUT2D eigenvalue weighted by molar-refractivity contribution is -0.139. The molecule has 0 aliphatic rings. The van der Waals surface area contributed by atoms with E-state index in [2.05, 4.69) is 0 Å². The van der Waals surface area contributed by atoms with Crippen LogP contribution in [0.4, 0.5) is 0 Å². The molecule has 15 heavy (non-hydrogen) atoms. The average molecular weight is 216 g/mol.